The van der Waals surface area contributed by atoms with Crippen molar-refractivity contribution in [2.45, 2.75) is 71.1 Å². The normalized spacial score (nSPS) is 24.5. The summed E-state index contributed by atoms with van der Waals surface area (Å²) in [6, 6.07) is 17.1. The Kier molecular flexibility index (Phi) is 7.28. The average Bonchev–Trinajstić information content (AvgIpc) is 3.42. The molecule has 3 atom stereocenters. The average molecular weight is 451 g/mol. The molecule has 2 aliphatic rings. The summed E-state index contributed by atoms with van der Waals surface area (Å²) in [5.41, 5.74) is 2.45. The van der Waals surface area contributed by atoms with Gasteiger partial charge in [0.2, 0.25) is 5.91 Å². The number of benzene rings is 2. The lowest BCUT2D eigenvalue weighted by atomic mass is 9.71. The molecule has 178 valence electrons. The minimum absolute atomic E-state index is 0.0176. The fourth-order valence-electron chi connectivity index (χ4n) is 5.67. The van der Waals surface area contributed by atoms with Crippen LogP contribution < -0.4 is 14.8 Å². The van der Waals surface area contributed by atoms with Gasteiger partial charge in [-0.2, -0.15) is 0 Å². The monoisotopic (exact) mass is 450 g/mol. The molecule has 5 nitrogen and oxygen atoms in total. The molecule has 0 aromatic heterocycles. The second-order valence-electron chi connectivity index (χ2n) is 10.1. The fraction of sp³-hybridized carbons (Fsp3) is 0.536. The highest BCUT2D eigenvalue weighted by Crippen LogP contribution is 2.47. The molecular formula is C28H38N2O3. The molecular weight excluding hydrogens is 412 g/mol. The molecule has 1 amide bonds. The van der Waals surface area contributed by atoms with Gasteiger partial charge in [0.05, 0.1) is 13.2 Å². The zero-order valence-corrected chi connectivity index (χ0v) is 20.5. The molecule has 1 N–H and O–H groups in total. The molecule has 5 heteroatoms. The summed E-state index contributed by atoms with van der Waals surface area (Å²) in [7, 11) is 1.71. The van der Waals surface area contributed by atoms with E-state index in [1.54, 1.807) is 14.0 Å². The van der Waals surface area contributed by atoms with E-state index >= 15 is 0 Å². The van der Waals surface area contributed by atoms with Crippen molar-refractivity contribution in [3.8, 4) is 11.5 Å². The number of nitrogens with zero attached hydrogens (tertiary/aromatic N) is 1. The fourth-order valence-corrected chi connectivity index (χ4v) is 5.67. The van der Waals surface area contributed by atoms with Crippen LogP contribution in [0.5, 0.6) is 11.5 Å². The van der Waals surface area contributed by atoms with E-state index in [1.165, 1.54) is 24.0 Å². The van der Waals surface area contributed by atoms with Gasteiger partial charge in [-0.25, -0.2) is 0 Å². The second-order valence-corrected chi connectivity index (χ2v) is 10.1. The number of ether oxygens (including phenoxy) is 2. The van der Waals surface area contributed by atoms with E-state index in [0.717, 1.165) is 44.0 Å². The molecule has 33 heavy (non-hydrogen) atoms. The summed E-state index contributed by atoms with van der Waals surface area (Å²) in [4.78, 5) is 14.5. The zero-order chi connectivity index (χ0) is 23.4. The van der Waals surface area contributed by atoms with Crippen LogP contribution in [0.1, 0.15) is 63.5 Å². The lowest BCUT2D eigenvalue weighted by molar-refractivity contribution is -0.120. The molecule has 1 saturated heterocycles. The number of amides is 1. The summed E-state index contributed by atoms with van der Waals surface area (Å²) in [5.74, 6) is 1.92. The van der Waals surface area contributed by atoms with Gasteiger partial charge in [-0.1, -0.05) is 43.3 Å². The quantitative estimate of drug-likeness (QED) is 0.605. The lowest BCUT2D eigenvalue weighted by Gasteiger charge is -2.37. The molecule has 0 radical (unpaired) electrons. The topological polar surface area (TPSA) is 50.8 Å². The number of carbonyl (C=O) groups excluding carboxylic acids is 1. The van der Waals surface area contributed by atoms with Gasteiger partial charge in [0, 0.05) is 43.9 Å². The van der Waals surface area contributed by atoms with Crippen LogP contribution in [0.25, 0.3) is 0 Å². The molecule has 2 fully saturated rings. The summed E-state index contributed by atoms with van der Waals surface area (Å²) < 4.78 is 12.0. The van der Waals surface area contributed by atoms with E-state index in [-0.39, 0.29) is 29.4 Å². The maximum absolute atomic E-state index is 11.9. The van der Waals surface area contributed by atoms with Crippen LogP contribution >= 0.6 is 0 Å². The van der Waals surface area contributed by atoms with Crippen LogP contribution in [0.15, 0.2) is 48.5 Å². The van der Waals surface area contributed by atoms with Crippen LogP contribution in [0.4, 0.5) is 0 Å². The van der Waals surface area contributed by atoms with Crippen molar-refractivity contribution in [3.63, 3.8) is 0 Å². The third kappa shape index (κ3) is 5.35. The Morgan fingerprint density at radius 1 is 1.15 bits per heavy atom. The van der Waals surface area contributed by atoms with Crippen LogP contribution in [0.2, 0.25) is 0 Å². The van der Waals surface area contributed by atoms with Gasteiger partial charge >= 0.3 is 0 Å². The highest BCUT2D eigenvalue weighted by Gasteiger charge is 2.47. The summed E-state index contributed by atoms with van der Waals surface area (Å²) in [5, 5.41) is 3.18. The molecule has 1 heterocycles. The Bertz CT molecular complexity index is 941. The van der Waals surface area contributed by atoms with Gasteiger partial charge in [-0.05, 0) is 55.9 Å². The molecule has 4 rings (SSSR count). The van der Waals surface area contributed by atoms with Crippen LogP contribution in [0.3, 0.4) is 0 Å². The number of hydrogen-bond acceptors (Lipinski definition) is 4. The first kappa shape index (κ1) is 23.6. The molecule has 1 saturated carbocycles. The first-order valence-electron chi connectivity index (χ1n) is 12.3. The van der Waals surface area contributed by atoms with Gasteiger partial charge in [0.15, 0.2) is 11.5 Å². The molecule has 0 spiro atoms. The van der Waals surface area contributed by atoms with Gasteiger partial charge in [0.1, 0.15) is 0 Å². The number of likely N-dealkylation sites (tertiary alicyclic amines) is 1. The summed E-state index contributed by atoms with van der Waals surface area (Å²) in [6.07, 6.45) is 4.96. The maximum Gasteiger partial charge on any atom is 0.217 e. The predicted molar refractivity (Wildman–Crippen MR) is 132 cm³/mol. The molecule has 1 aliphatic heterocycles. The van der Waals surface area contributed by atoms with Gasteiger partial charge < -0.3 is 14.8 Å². The highest BCUT2D eigenvalue weighted by molar-refractivity contribution is 5.73. The summed E-state index contributed by atoms with van der Waals surface area (Å²) >= 11 is 0. The Morgan fingerprint density at radius 3 is 2.55 bits per heavy atom. The molecule has 2 aromatic carbocycles. The third-order valence-corrected chi connectivity index (χ3v) is 7.64. The zero-order valence-electron chi connectivity index (χ0n) is 20.5. The second kappa shape index (κ2) is 10.2. The van der Waals surface area contributed by atoms with E-state index in [9.17, 15) is 4.79 Å². The molecule has 1 aliphatic carbocycles. The first-order chi connectivity index (χ1) is 15.9. The van der Waals surface area contributed by atoms with E-state index in [0.29, 0.717) is 0 Å². The van der Waals surface area contributed by atoms with Crippen molar-refractivity contribution in [2.75, 3.05) is 20.2 Å². The number of carbonyl (C=O) groups is 1. The Labute approximate surface area is 198 Å². The number of rotatable bonds is 8. The minimum atomic E-state index is -0.111. The maximum atomic E-state index is 11.9. The van der Waals surface area contributed by atoms with E-state index in [1.807, 2.05) is 6.07 Å². The van der Waals surface area contributed by atoms with Crippen LogP contribution in [0, 0.1) is 5.41 Å². The summed E-state index contributed by atoms with van der Waals surface area (Å²) in [6.45, 7) is 8.81. The number of hydrogen-bond donors (Lipinski definition) is 1. The van der Waals surface area contributed by atoms with Crippen molar-refractivity contribution < 1.29 is 14.3 Å². The van der Waals surface area contributed by atoms with Gasteiger partial charge in [-0.15, -0.1) is 0 Å². The number of methoxy groups -OCH3 is 1. The molecule has 2 unspecified atom stereocenters. The van der Waals surface area contributed by atoms with Crippen molar-refractivity contribution in [1.82, 2.24) is 10.2 Å². The van der Waals surface area contributed by atoms with Crippen LogP contribution in [-0.4, -0.2) is 43.2 Å². The Balaban J connectivity index is 1.63. The van der Waals surface area contributed by atoms with Gasteiger partial charge in [-0.3, -0.25) is 9.69 Å². The standard InChI is InChI=1S/C28H38N2O3/c1-20(29-21(2)31)28(3)19-30(17-22-10-6-5-7-11-22)18-25(28)23-14-15-26(32-4)27(16-23)33-24-12-8-9-13-24/h5-7,10-11,14-16,20,24-25H,8-9,12-13,17-19H2,1-4H3,(H,29,31)/t20?,25?,28-/m0/s1. The van der Waals surface area contributed by atoms with Gasteiger partial charge in [0.25, 0.3) is 0 Å². The molecule has 2 aromatic rings. The minimum Gasteiger partial charge on any atom is -0.493 e. The smallest absolute Gasteiger partial charge is 0.217 e. The van der Waals surface area contributed by atoms with E-state index in [4.69, 9.17) is 9.47 Å². The van der Waals surface area contributed by atoms with E-state index in [2.05, 4.69) is 66.5 Å². The highest BCUT2D eigenvalue weighted by atomic mass is 16.5. The first-order valence-corrected chi connectivity index (χ1v) is 12.3. The Morgan fingerprint density at radius 2 is 1.88 bits per heavy atom. The SMILES string of the molecule is COc1ccc(C2CN(Cc3ccccc3)C[C@@]2(C)C(C)NC(C)=O)cc1OC1CCCC1. The van der Waals surface area contributed by atoms with E-state index < -0.39 is 0 Å². The third-order valence-electron chi connectivity index (χ3n) is 7.64. The van der Waals surface area contributed by atoms with Crippen molar-refractivity contribution in [1.29, 1.82) is 0 Å². The molecule has 0 bridgehead atoms. The van der Waals surface area contributed by atoms with Crippen molar-refractivity contribution in [3.05, 3.63) is 59.7 Å². The van der Waals surface area contributed by atoms with Crippen LogP contribution in [-0.2, 0) is 11.3 Å². The van der Waals surface area contributed by atoms with Crippen molar-refractivity contribution >= 4 is 5.91 Å². The predicted octanol–water partition coefficient (Wildman–Crippen LogP) is 5.15. The Hall–Kier alpha value is -2.53. The lowest BCUT2D eigenvalue weighted by Crippen LogP contribution is -2.47. The van der Waals surface area contributed by atoms with Crippen molar-refractivity contribution in [2.24, 2.45) is 5.41 Å². The number of nitrogens with one attached hydrogen (secondary N) is 1. The largest absolute Gasteiger partial charge is 0.493 e.